The first kappa shape index (κ1) is 22.1. The number of nitrogens with zero attached hydrogens (tertiary/aromatic N) is 2. The van der Waals surface area contributed by atoms with Crippen LogP contribution in [0.15, 0.2) is 84.9 Å². The van der Waals surface area contributed by atoms with Crippen molar-refractivity contribution in [3.8, 4) is 5.75 Å². The van der Waals surface area contributed by atoms with E-state index in [4.69, 9.17) is 4.74 Å². The number of ether oxygens (including phenoxy) is 1. The van der Waals surface area contributed by atoms with Crippen LogP contribution in [-0.4, -0.2) is 48.0 Å². The molecule has 4 nitrogen and oxygen atoms in total. The zero-order chi connectivity index (χ0) is 22.3. The summed E-state index contributed by atoms with van der Waals surface area (Å²) >= 11 is 0. The van der Waals surface area contributed by atoms with Crippen molar-refractivity contribution in [1.29, 1.82) is 0 Å². The Morgan fingerprint density at radius 1 is 0.812 bits per heavy atom. The van der Waals surface area contributed by atoms with Crippen LogP contribution in [0, 0.1) is 6.92 Å². The Morgan fingerprint density at radius 2 is 1.34 bits per heavy atom. The minimum atomic E-state index is -0.441. The van der Waals surface area contributed by atoms with Crippen LogP contribution in [0.4, 0.5) is 0 Å². The first-order valence-electron chi connectivity index (χ1n) is 11.5. The molecule has 1 aliphatic rings. The summed E-state index contributed by atoms with van der Waals surface area (Å²) in [7, 11) is 0. The predicted molar refractivity (Wildman–Crippen MR) is 129 cm³/mol. The van der Waals surface area contributed by atoms with Gasteiger partial charge in [0.05, 0.1) is 6.04 Å². The number of piperazine rings is 1. The molecule has 0 aliphatic carbocycles. The fraction of sp³-hybridized carbons (Fsp3) is 0.321. The molecule has 0 aromatic heterocycles. The summed E-state index contributed by atoms with van der Waals surface area (Å²) in [4.78, 5) is 17.6. The molecule has 4 rings (SSSR count). The molecule has 1 atom stereocenters. The first-order valence-corrected chi connectivity index (χ1v) is 11.5. The van der Waals surface area contributed by atoms with Crippen LogP contribution >= 0.6 is 0 Å². The summed E-state index contributed by atoms with van der Waals surface area (Å²) in [6.45, 7) is 7.14. The van der Waals surface area contributed by atoms with E-state index in [2.05, 4.69) is 65.6 Å². The predicted octanol–water partition coefficient (Wildman–Crippen LogP) is 5.09. The molecule has 0 radical (unpaired) electrons. The zero-order valence-electron chi connectivity index (χ0n) is 19.0. The molecule has 1 amide bonds. The van der Waals surface area contributed by atoms with Crippen LogP contribution in [0.3, 0.4) is 0 Å². The Morgan fingerprint density at radius 3 is 1.84 bits per heavy atom. The molecule has 1 aliphatic heterocycles. The Balaban J connectivity index is 1.43. The van der Waals surface area contributed by atoms with E-state index in [-0.39, 0.29) is 11.9 Å². The lowest BCUT2D eigenvalue weighted by Crippen LogP contribution is -2.53. The Hall–Kier alpha value is -3.11. The average Bonchev–Trinajstić information content (AvgIpc) is 2.85. The Labute approximate surface area is 191 Å². The average molecular weight is 429 g/mol. The first-order chi connectivity index (χ1) is 15.7. The Bertz CT molecular complexity index is 941. The summed E-state index contributed by atoms with van der Waals surface area (Å²) in [5.74, 6) is 0.839. The minimum absolute atomic E-state index is 0.0868. The van der Waals surface area contributed by atoms with Crippen molar-refractivity contribution in [3.05, 3.63) is 102 Å². The number of hydrogen-bond donors (Lipinski definition) is 0. The number of rotatable bonds is 7. The third-order valence-electron chi connectivity index (χ3n) is 6.17. The van der Waals surface area contributed by atoms with E-state index in [9.17, 15) is 4.79 Å². The number of benzene rings is 3. The van der Waals surface area contributed by atoms with Gasteiger partial charge in [-0.2, -0.15) is 0 Å². The van der Waals surface area contributed by atoms with Crippen LogP contribution in [0.25, 0.3) is 0 Å². The van der Waals surface area contributed by atoms with Crippen LogP contribution in [0.2, 0.25) is 0 Å². The molecule has 32 heavy (non-hydrogen) atoms. The SMILES string of the molecule is CCC(Oc1ccc(C)cc1)C(=O)N1CCN(C(c2ccccc2)c2ccccc2)CC1. The lowest BCUT2D eigenvalue weighted by molar-refractivity contribution is -0.140. The standard InChI is InChI=1S/C28H32N2O2/c1-3-26(32-25-16-14-22(2)15-17-25)28(31)30-20-18-29(19-21-30)27(23-10-6-4-7-11-23)24-12-8-5-9-13-24/h4-17,26-27H,3,18-21H2,1-2H3. The number of amides is 1. The Kier molecular flexibility index (Phi) is 7.23. The fourth-order valence-corrected chi connectivity index (χ4v) is 4.38. The number of carbonyl (C=O) groups is 1. The van der Waals surface area contributed by atoms with E-state index >= 15 is 0 Å². The maximum absolute atomic E-state index is 13.2. The van der Waals surface area contributed by atoms with E-state index < -0.39 is 6.10 Å². The van der Waals surface area contributed by atoms with Crippen molar-refractivity contribution in [2.75, 3.05) is 26.2 Å². The smallest absolute Gasteiger partial charge is 0.263 e. The van der Waals surface area contributed by atoms with Gasteiger partial charge in [0.15, 0.2) is 6.10 Å². The van der Waals surface area contributed by atoms with E-state index in [0.717, 1.165) is 18.8 Å². The molecule has 0 N–H and O–H groups in total. The minimum Gasteiger partial charge on any atom is -0.481 e. The highest BCUT2D eigenvalue weighted by Gasteiger charge is 2.31. The van der Waals surface area contributed by atoms with Gasteiger partial charge in [-0.15, -0.1) is 0 Å². The topological polar surface area (TPSA) is 32.8 Å². The lowest BCUT2D eigenvalue weighted by Gasteiger charge is -2.40. The largest absolute Gasteiger partial charge is 0.481 e. The van der Waals surface area contributed by atoms with E-state index in [1.165, 1.54) is 16.7 Å². The maximum atomic E-state index is 13.2. The summed E-state index contributed by atoms with van der Waals surface area (Å²) in [6.07, 6.45) is 0.215. The third-order valence-corrected chi connectivity index (χ3v) is 6.17. The molecule has 4 heteroatoms. The van der Waals surface area contributed by atoms with Gasteiger partial charge in [-0.1, -0.05) is 85.3 Å². The second-order valence-corrected chi connectivity index (χ2v) is 8.41. The van der Waals surface area contributed by atoms with Crippen LogP contribution in [-0.2, 0) is 4.79 Å². The third kappa shape index (κ3) is 5.20. The molecule has 3 aromatic rings. The molecule has 1 fully saturated rings. The van der Waals surface area contributed by atoms with Crippen LogP contribution < -0.4 is 4.74 Å². The normalized spacial score (nSPS) is 15.5. The van der Waals surface area contributed by atoms with Crippen molar-refractivity contribution in [1.82, 2.24) is 9.80 Å². The van der Waals surface area contributed by atoms with E-state index in [0.29, 0.717) is 19.5 Å². The fourth-order valence-electron chi connectivity index (χ4n) is 4.38. The molecule has 1 heterocycles. The summed E-state index contributed by atoms with van der Waals surface area (Å²) in [5, 5.41) is 0. The van der Waals surface area contributed by atoms with Gasteiger partial charge in [-0.3, -0.25) is 9.69 Å². The van der Waals surface area contributed by atoms with Crippen molar-refractivity contribution in [2.24, 2.45) is 0 Å². The second kappa shape index (κ2) is 10.5. The van der Waals surface area contributed by atoms with Gasteiger partial charge in [0, 0.05) is 26.2 Å². The highest BCUT2D eigenvalue weighted by atomic mass is 16.5. The molecule has 1 unspecified atom stereocenters. The second-order valence-electron chi connectivity index (χ2n) is 8.41. The number of aryl methyl sites for hydroxylation is 1. The molecule has 166 valence electrons. The van der Waals surface area contributed by atoms with Gasteiger partial charge in [0.25, 0.3) is 5.91 Å². The summed E-state index contributed by atoms with van der Waals surface area (Å²) in [5.41, 5.74) is 3.75. The van der Waals surface area contributed by atoms with E-state index in [1.807, 2.05) is 43.0 Å². The quantitative estimate of drug-likeness (QED) is 0.526. The molecule has 0 bridgehead atoms. The molecular formula is C28H32N2O2. The van der Waals surface area contributed by atoms with Crippen LogP contribution in [0.1, 0.15) is 36.1 Å². The lowest BCUT2D eigenvalue weighted by atomic mass is 9.96. The zero-order valence-corrected chi connectivity index (χ0v) is 19.0. The maximum Gasteiger partial charge on any atom is 0.263 e. The van der Waals surface area contributed by atoms with Gasteiger partial charge >= 0.3 is 0 Å². The van der Waals surface area contributed by atoms with Gasteiger partial charge in [0.1, 0.15) is 5.75 Å². The monoisotopic (exact) mass is 428 g/mol. The molecule has 0 saturated carbocycles. The highest BCUT2D eigenvalue weighted by molar-refractivity contribution is 5.81. The van der Waals surface area contributed by atoms with Crippen molar-refractivity contribution >= 4 is 5.91 Å². The molecule has 0 spiro atoms. The summed E-state index contributed by atoms with van der Waals surface area (Å²) < 4.78 is 6.04. The van der Waals surface area contributed by atoms with E-state index in [1.54, 1.807) is 0 Å². The number of carbonyl (C=O) groups excluding carboxylic acids is 1. The van der Waals surface area contributed by atoms with Gasteiger partial charge in [-0.05, 0) is 36.6 Å². The van der Waals surface area contributed by atoms with Gasteiger partial charge < -0.3 is 9.64 Å². The van der Waals surface area contributed by atoms with Gasteiger partial charge in [0.2, 0.25) is 0 Å². The van der Waals surface area contributed by atoms with Gasteiger partial charge in [-0.25, -0.2) is 0 Å². The van der Waals surface area contributed by atoms with Crippen molar-refractivity contribution in [3.63, 3.8) is 0 Å². The van der Waals surface area contributed by atoms with Crippen LogP contribution in [0.5, 0.6) is 5.75 Å². The highest BCUT2D eigenvalue weighted by Crippen LogP contribution is 2.29. The number of hydrogen-bond acceptors (Lipinski definition) is 3. The van der Waals surface area contributed by atoms with Crippen molar-refractivity contribution in [2.45, 2.75) is 32.4 Å². The molecule has 3 aromatic carbocycles. The van der Waals surface area contributed by atoms with Crippen molar-refractivity contribution < 1.29 is 9.53 Å². The molecule has 1 saturated heterocycles. The summed E-state index contributed by atoms with van der Waals surface area (Å²) in [6, 6.07) is 29.4. The molecular weight excluding hydrogens is 396 g/mol.